The second kappa shape index (κ2) is 5.63. The van der Waals surface area contributed by atoms with Crippen molar-refractivity contribution in [1.82, 2.24) is 0 Å². The van der Waals surface area contributed by atoms with Crippen LogP contribution in [0.4, 0.5) is 0 Å². The van der Waals surface area contributed by atoms with Crippen LogP contribution >= 0.6 is 11.3 Å². The van der Waals surface area contributed by atoms with Crippen molar-refractivity contribution in [3.05, 3.63) is 63.4 Å². The SMILES string of the molecule is Cc1ccc(/C=C/C(=O)c2ccc(C(=O)[O-])s2)cc1. The van der Waals surface area contributed by atoms with Gasteiger partial charge in [0.2, 0.25) is 0 Å². The molecular formula is C15H11O3S-. The van der Waals surface area contributed by atoms with E-state index < -0.39 is 5.97 Å². The van der Waals surface area contributed by atoms with Gasteiger partial charge in [-0.15, -0.1) is 11.3 Å². The van der Waals surface area contributed by atoms with Crippen molar-refractivity contribution in [2.75, 3.05) is 0 Å². The van der Waals surface area contributed by atoms with Gasteiger partial charge in [0.1, 0.15) is 0 Å². The van der Waals surface area contributed by atoms with Crippen molar-refractivity contribution < 1.29 is 14.7 Å². The van der Waals surface area contributed by atoms with Crippen molar-refractivity contribution in [1.29, 1.82) is 0 Å². The van der Waals surface area contributed by atoms with Gasteiger partial charge in [-0.2, -0.15) is 0 Å². The Labute approximate surface area is 114 Å². The molecular weight excluding hydrogens is 260 g/mol. The normalized spacial score (nSPS) is 10.8. The molecule has 0 amide bonds. The van der Waals surface area contributed by atoms with Crippen molar-refractivity contribution in [2.24, 2.45) is 0 Å². The van der Waals surface area contributed by atoms with Gasteiger partial charge in [0.15, 0.2) is 5.78 Å². The summed E-state index contributed by atoms with van der Waals surface area (Å²) >= 11 is 0.924. The monoisotopic (exact) mass is 271 g/mol. The second-order valence-corrected chi connectivity index (χ2v) is 5.14. The molecule has 1 heterocycles. The zero-order chi connectivity index (χ0) is 13.8. The summed E-state index contributed by atoms with van der Waals surface area (Å²) in [6, 6.07) is 10.6. The first-order valence-corrected chi connectivity index (χ1v) is 6.48. The van der Waals surface area contributed by atoms with E-state index in [1.807, 2.05) is 31.2 Å². The topological polar surface area (TPSA) is 57.2 Å². The van der Waals surface area contributed by atoms with Crippen LogP contribution in [0.25, 0.3) is 6.08 Å². The molecule has 1 aromatic carbocycles. The molecule has 0 radical (unpaired) electrons. The Balaban J connectivity index is 2.11. The highest BCUT2D eigenvalue weighted by molar-refractivity contribution is 7.16. The van der Waals surface area contributed by atoms with E-state index in [1.165, 1.54) is 18.2 Å². The molecule has 0 unspecified atom stereocenters. The fraction of sp³-hybridized carbons (Fsp3) is 0.0667. The molecule has 4 heteroatoms. The molecule has 0 saturated carbocycles. The van der Waals surface area contributed by atoms with Crippen molar-refractivity contribution in [2.45, 2.75) is 6.92 Å². The van der Waals surface area contributed by atoms with Crippen LogP contribution in [0.1, 0.15) is 30.5 Å². The van der Waals surface area contributed by atoms with Crippen LogP contribution in [0.15, 0.2) is 42.5 Å². The molecule has 2 aromatic rings. The predicted molar refractivity (Wildman–Crippen MR) is 73.2 cm³/mol. The van der Waals surface area contributed by atoms with Crippen LogP contribution in [0.2, 0.25) is 0 Å². The Morgan fingerprint density at radius 1 is 1.05 bits per heavy atom. The minimum absolute atomic E-state index is 0.0621. The fourth-order valence-corrected chi connectivity index (χ4v) is 2.27. The zero-order valence-corrected chi connectivity index (χ0v) is 11.1. The highest BCUT2D eigenvalue weighted by atomic mass is 32.1. The predicted octanol–water partition coefficient (Wildman–Crippen LogP) is 2.32. The van der Waals surface area contributed by atoms with Crippen LogP contribution in [0.5, 0.6) is 0 Å². The molecule has 2 rings (SSSR count). The first-order valence-electron chi connectivity index (χ1n) is 5.66. The number of carbonyl (C=O) groups is 2. The van der Waals surface area contributed by atoms with E-state index in [4.69, 9.17) is 0 Å². The van der Waals surface area contributed by atoms with Gasteiger partial charge in [0.05, 0.1) is 15.7 Å². The molecule has 0 saturated heterocycles. The van der Waals surface area contributed by atoms with E-state index in [-0.39, 0.29) is 10.7 Å². The zero-order valence-electron chi connectivity index (χ0n) is 10.3. The number of hydrogen-bond acceptors (Lipinski definition) is 4. The third-order valence-electron chi connectivity index (χ3n) is 2.55. The van der Waals surface area contributed by atoms with Crippen LogP contribution in [-0.4, -0.2) is 11.8 Å². The number of rotatable bonds is 4. The molecule has 0 aliphatic rings. The summed E-state index contributed by atoms with van der Waals surface area (Å²) in [5.41, 5.74) is 2.08. The van der Waals surface area contributed by atoms with Gasteiger partial charge in [0.25, 0.3) is 0 Å². The van der Waals surface area contributed by atoms with Crippen LogP contribution in [0, 0.1) is 6.92 Å². The van der Waals surface area contributed by atoms with Gasteiger partial charge in [0, 0.05) is 0 Å². The molecule has 96 valence electrons. The van der Waals surface area contributed by atoms with Gasteiger partial charge in [-0.3, -0.25) is 4.79 Å². The summed E-state index contributed by atoms with van der Waals surface area (Å²) in [6.07, 6.45) is 3.15. The Morgan fingerprint density at radius 2 is 1.68 bits per heavy atom. The number of carbonyl (C=O) groups excluding carboxylic acids is 2. The summed E-state index contributed by atoms with van der Waals surface area (Å²) < 4.78 is 0. The van der Waals surface area contributed by atoms with Crippen LogP contribution in [-0.2, 0) is 0 Å². The van der Waals surface area contributed by atoms with Gasteiger partial charge in [-0.1, -0.05) is 35.9 Å². The minimum Gasteiger partial charge on any atom is -0.544 e. The molecule has 0 N–H and O–H groups in total. The van der Waals surface area contributed by atoms with Crippen LogP contribution < -0.4 is 5.11 Å². The lowest BCUT2D eigenvalue weighted by Gasteiger charge is -1.95. The second-order valence-electron chi connectivity index (χ2n) is 4.06. The van der Waals surface area contributed by atoms with Crippen molar-refractivity contribution >= 4 is 29.2 Å². The first-order chi connectivity index (χ1) is 9.06. The molecule has 3 nitrogen and oxygen atoms in total. The van der Waals surface area contributed by atoms with Crippen molar-refractivity contribution in [3.8, 4) is 0 Å². The molecule has 0 spiro atoms. The quantitative estimate of drug-likeness (QED) is 0.633. The molecule has 0 aliphatic heterocycles. The molecule has 19 heavy (non-hydrogen) atoms. The molecule has 0 fully saturated rings. The van der Waals surface area contributed by atoms with E-state index in [1.54, 1.807) is 6.08 Å². The summed E-state index contributed by atoms with van der Waals surface area (Å²) in [7, 11) is 0. The molecule has 0 atom stereocenters. The Morgan fingerprint density at radius 3 is 2.26 bits per heavy atom. The smallest absolute Gasteiger partial charge is 0.195 e. The lowest BCUT2D eigenvalue weighted by atomic mass is 10.1. The lowest BCUT2D eigenvalue weighted by Crippen LogP contribution is -2.20. The van der Waals surface area contributed by atoms with Gasteiger partial charge >= 0.3 is 0 Å². The first kappa shape index (κ1) is 13.2. The lowest BCUT2D eigenvalue weighted by molar-refractivity contribution is -0.254. The Kier molecular flexibility index (Phi) is 3.92. The number of ketones is 1. The standard InChI is InChI=1S/C15H12O3S/c1-10-2-4-11(5-3-10)6-7-12(16)13-8-9-14(19-13)15(17)18/h2-9H,1H3,(H,17,18)/p-1/b7-6+. The minimum atomic E-state index is -1.26. The largest absolute Gasteiger partial charge is 0.544 e. The number of aryl methyl sites for hydroxylation is 1. The van der Waals surface area contributed by atoms with Gasteiger partial charge in [-0.25, -0.2) is 0 Å². The van der Waals surface area contributed by atoms with Crippen LogP contribution in [0.3, 0.4) is 0 Å². The fourth-order valence-electron chi connectivity index (χ4n) is 1.51. The molecule has 0 bridgehead atoms. The number of carboxylic acid groups (broad SMARTS) is 1. The summed E-state index contributed by atoms with van der Waals surface area (Å²) in [5.74, 6) is -1.47. The number of hydrogen-bond donors (Lipinski definition) is 0. The van der Waals surface area contributed by atoms with E-state index in [9.17, 15) is 14.7 Å². The van der Waals surface area contributed by atoms with E-state index in [2.05, 4.69) is 0 Å². The number of aromatic carboxylic acids is 1. The third-order valence-corrected chi connectivity index (χ3v) is 3.63. The summed E-state index contributed by atoms with van der Waals surface area (Å²) in [4.78, 5) is 22.9. The van der Waals surface area contributed by atoms with Gasteiger partial charge in [-0.05, 0) is 30.7 Å². The summed E-state index contributed by atoms with van der Waals surface area (Å²) in [6.45, 7) is 1.99. The van der Waals surface area contributed by atoms with E-state index >= 15 is 0 Å². The third kappa shape index (κ3) is 3.39. The highest BCUT2D eigenvalue weighted by Crippen LogP contribution is 2.17. The van der Waals surface area contributed by atoms with Crippen molar-refractivity contribution in [3.63, 3.8) is 0 Å². The highest BCUT2D eigenvalue weighted by Gasteiger charge is 2.06. The maximum absolute atomic E-state index is 11.8. The van der Waals surface area contributed by atoms with Gasteiger partial charge < -0.3 is 9.90 Å². The average molecular weight is 271 g/mol. The summed E-state index contributed by atoms with van der Waals surface area (Å²) in [5, 5.41) is 10.6. The molecule has 1 aromatic heterocycles. The number of carboxylic acids is 1. The maximum Gasteiger partial charge on any atom is 0.195 e. The average Bonchev–Trinajstić information content (AvgIpc) is 2.87. The number of allylic oxidation sites excluding steroid dienone is 1. The Hall–Kier alpha value is -2.20. The maximum atomic E-state index is 11.8. The Bertz CT molecular complexity index is 636. The van der Waals surface area contributed by atoms with E-state index in [0.29, 0.717) is 4.88 Å². The number of thiophene rings is 1. The molecule has 0 aliphatic carbocycles. The number of benzene rings is 1. The van der Waals surface area contributed by atoms with E-state index in [0.717, 1.165) is 22.5 Å².